The molecular weight excluding hydrogens is 198 g/mol. The van der Waals surface area contributed by atoms with Crippen LogP contribution in [0.15, 0.2) is 24.3 Å². The number of amides is 2. The van der Waals surface area contributed by atoms with E-state index in [2.05, 4.69) is 16.0 Å². The predicted molar refractivity (Wildman–Crippen MR) is 49.7 cm³/mol. The molecule has 1 aromatic rings. The molecule has 0 unspecified atom stereocenters. The van der Waals surface area contributed by atoms with Gasteiger partial charge in [0.2, 0.25) is 0 Å². The van der Waals surface area contributed by atoms with Crippen molar-refractivity contribution in [1.82, 2.24) is 10.6 Å². The number of hydrogen-bond donors (Lipinski definition) is 3. The van der Waals surface area contributed by atoms with Crippen LogP contribution in [0.1, 0.15) is 0 Å². The first kappa shape index (κ1) is 8.10. The normalized spacial score (nSPS) is 20.3. The van der Waals surface area contributed by atoms with Crippen LogP contribution in [0.2, 0.25) is 0 Å². The molecular formula is C9H7N3O3. The number of nitrogens with one attached hydrogen (secondary N) is 3. The van der Waals surface area contributed by atoms with Gasteiger partial charge in [0.25, 0.3) is 0 Å². The molecule has 0 aliphatic carbocycles. The first-order chi connectivity index (χ1) is 7.19. The van der Waals surface area contributed by atoms with Crippen molar-refractivity contribution in [2.24, 2.45) is 0 Å². The van der Waals surface area contributed by atoms with Gasteiger partial charge >= 0.3 is 17.8 Å². The Morgan fingerprint density at radius 2 is 1.67 bits per heavy atom. The summed E-state index contributed by atoms with van der Waals surface area (Å²) in [6, 6.07) is 7.17. The predicted octanol–water partition coefficient (Wildman–Crippen LogP) is -0.652. The fourth-order valence-corrected chi connectivity index (χ4v) is 1.62. The number of para-hydroxylation sites is 2. The quantitative estimate of drug-likeness (QED) is 0.492. The Morgan fingerprint density at radius 1 is 1.00 bits per heavy atom. The van der Waals surface area contributed by atoms with E-state index in [1.807, 2.05) is 6.07 Å². The third-order valence-corrected chi connectivity index (χ3v) is 2.25. The summed E-state index contributed by atoms with van der Waals surface area (Å²) in [4.78, 5) is 22.1. The summed E-state index contributed by atoms with van der Waals surface area (Å²) in [5.41, 5.74) is 0.722. The first-order valence-electron chi connectivity index (χ1n) is 4.39. The van der Waals surface area contributed by atoms with E-state index in [0.717, 1.165) is 5.69 Å². The molecule has 1 fully saturated rings. The van der Waals surface area contributed by atoms with Crippen LogP contribution in [0.5, 0.6) is 5.75 Å². The van der Waals surface area contributed by atoms with Crippen LogP contribution in [0.4, 0.5) is 5.69 Å². The van der Waals surface area contributed by atoms with Crippen molar-refractivity contribution >= 4 is 17.5 Å². The zero-order valence-electron chi connectivity index (χ0n) is 7.53. The maximum Gasteiger partial charge on any atom is 0.352 e. The summed E-state index contributed by atoms with van der Waals surface area (Å²) < 4.78 is 5.42. The Bertz CT molecular complexity index is 428. The SMILES string of the molecule is O=C1NC2(NC1=O)Nc1ccccc1O2. The molecule has 1 aromatic carbocycles. The van der Waals surface area contributed by atoms with Gasteiger partial charge < -0.3 is 10.1 Å². The number of hydrogen-bond acceptors (Lipinski definition) is 4. The summed E-state index contributed by atoms with van der Waals surface area (Å²) >= 11 is 0. The van der Waals surface area contributed by atoms with E-state index in [4.69, 9.17) is 4.74 Å². The third kappa shape index (κ3) is 1.04. The van der Waals surface area contributed by atoms with Gasteiger partial charge in [0.05, 0.1) is 5.69 Å². The minimum Gasteiger partial charge on any atom is -0.431 e. The van der Waals surface area contributed by atoms with Crippen LogP contribution in [0.3, 0.4) is 0 Å². The van der Waals surface area contributed by atoms with Gasteiger partial charge in [0.15, 0.2) is 0 Å². The van der Waals surface area contributed by atoms with E-state index in [1.54, 1.807) is 18.2 Å². The standard InChI is InChI=1S/C9H7N3O3/c13-7-8(14)12-9(11-7)10-5-3-1-2-4-6(5)15-9/h1-4,10H,(H,11,13)(H,12,14). The molecule has 0 radical (unpaired) electrons. The number of fused-ring (bicyclic) bond motifs is 1. The Labute approximate surface area is 84.6 Å². The second kappa shape index (κ2) is 2.41. The highest BCUT2D eigenvalue weighted by atomic mass is 16.6. The lowest BCUT2D eigenvalue weighted by Gasteiger charge is -2.21. The second-order valence-corrected chi connectivity index (χ2v) is 3.31. The molecule has 2 amide bonds. The van der Waals surface area contributed by atoms with Gasteiger partial charge in [-0.1, -0.05) is 12.1 Å². The number of carbonyl (C=O) groups excluding carboxylic acids is 2. The average Bonchev–Trinajstić information content (AvgIpc) is 2.66. The van der Waals surface area contributed by atoms with E-state index < -0.39 is 17.8 Å². The lowest BCUT2D eigenvalue weighted by molar-refractivity contribution is -0.135. The van der Waals surface area contributed by atoms with E-state index in [0.29, 0.717) is 5.75 Å². The van der Waals surface area contributed by atoms with Crippen LogP contribution in [-0.4, -0.2) is 17.8 Å². The number of benzene rings is 1. The minimum atomic E-state index is -1.31. The lowest BCUT2D eigenvalue weighted by Crippen LogP contribution is -2.58. The van der Waals surface area contributed by atoms with Crippen molar-refractivity contribution in [3.05, 3.63) is 24.3 Å². The van der Waals surface area contributed by atoms with Gasteiger partial charge in [-0.25, -0.2) is 0 Å². The Hall–Kier alpha value is -2.24. The van der Waals surface area contributed by atoms with Crippen LogP contribution in [0, 0.1) is 0 Å². The van der Waals surface area contributed by atoms with E-state index in [9.17, 15) is 9.59 Å². The first-order valence-corrected chi connectivity index (χ1v) is 4.39. The fourth-order valence-electron chi connectivity index (χ4n) is 1.62. The molecule has 15 heavy (non-hydrogen) atoms. The lowest BCUT2D eigenvalue weighted by atomic mass is 10.3. The van der Waals surface area contributed by atoms with Gasteiger partial charge in [-0.3, -0.25) is 20.2 Å². The molecule has 2 aliphatic rings. The zero-order chi connectivity index (χ0) is 10.5. The van der Waals surface area contributed by atoms with Crippen molar-refractivity contribution in [3.8, 4) is 5.75 Å². The van der Waals surface area contributed by atoms with Crippen LogP contribution in [-0.2, 0) is 9.59 Å². The van der Waals surface area contributed by atoms with Gasteiger partial charge in [-0.05, 0) is 12.1 Å². The van der Waals surface area contributed by atoms with Gasteiger partial charge in [-0.2, -0.15) is 0 Å². The highest BCUT2D eigenvalue weighted by Gasteiger charge is 2.49. The summed E-state index contributed by atoms with van der Waals surface area (Å²) in [7, 11) is 0. The molecule has 1 spiro atoms. The minimum absolute atomic E-state index is 0.583. The summed E-state index contributed by atoms with van der Waals surface area (Å²) in [6.45, 7) is 0. The molecule has 0 bridgehead atoms. The van der Waals surface area contributed by atoms with Gasteiger partial charge in [-0.15, -0.1) is 0 Å². The molecule has 1 saturated heterocycles. The van der Waals surface area contributed by atoms with E-state index in [-0.39, 0.29) is 0 Å². The highest BCUT2D eigenvalue weighted by Crippen LogP contribution is 2.34. The van der Waals surface area contributed by atoms with E-state index in [1.165, 1.54) is 0 Å². The molecule has 2 heterocycles. The maximum atomic E-state index is 11.0. The van der Waals surface area contributed by atoms with E-state index >= 15 is 0 Å². The maximum absolute atomic E-state index is 11.0. The number of rotatable bonds is 0. The summed E-state index contributed by atoms with van der Waals surface area (Å²) in [5, 5.41) is 7.67. The fraction of sp³-hybridized carbons (Fsp3) is 0.111. The molecule has 3 rings (SSSR count). The molecule has 6 nitrogen and oxygen atoms in total. The molecule has 0 saturated carbocycles. The highest BCUT2D eigenvalue weighted by molar-refractivity contribution is 6.37. The van der Waals surface area contributed by atoms with Crippen LogP contribution in [0.25, 0.3) is 0 Å². The molecule has 76 valence electrons. The molecule has 3 N–H and O–H groups in total. The smallest absolute Gasteiger partial charge is 0.352 e. The van der Waals surface area contributed by atoms with Crippen molar-refractivity contribution in [2.45, 2.75) is 5.97 Å². The van der Waals surface area contributed by atoms with Crippen molar-refractivity contribution in [1.29, 1.82) is 0 Å². The Balaban J connectivity index is 1.96. The van der Waals surface area contributed by atoms with Crippen molar-refractivity contribution in [3.63, 3.8) is 0 Å². The second-order valence-electron chi connectivity index (χ2n) is 3.31. The number of carbonyl (C=O) groups is 2. The molecule has 2 aliphatic heterocycles. The van der Waals surface area contributed by atoms with Gasteiger partial charge in [0.1, 0.15) is 5.75 Å². The summed E-state index contributed by atoms with van der Waals surface area (Å²) in [6.07, 6.45) is 0. The molecule has 0 aromatic heterocycles. The van der Waals surface area contributed by atoms with Crippen molar-refractivity contribution in [2.75, 3.05) is 5.32 Å². The third-order valence-electron chi connectivity index (χ3n) is 2.25. The van der Waals surface area contributed by atoms with Crippen molar-refractivity contribution < 1.29 is 14.3 Å². The summed E-state index contributed by atoms with van der Waals surface area (Å²) in [5.74, 6) is -2.15. The average molecular weight is 205 g/mol. The van der Waals surface area contributed by atoms with Gasteiger partial charge in [0, 0.05) is 0 Å². The Kier molecular flexibility index (Phi) is 1.30. The molecule has 0 atom stereocenters. The van der Waals surface area contributed by atoms with Crippen LogP contribution < -0.4 is 20.7 Å². The number of anilines is 1. The number of ether oxygens (including phenoxy) is 1. The monoisotopic (exact) mass is 205 g/mol. The van der Waals surface area contributed by atoms with Crippen LogP contribution >= 0.6 is 0 Å². The largest absolute Gasteiger partial charge is 0.431 e. The molecule has 6 heteroatoms. The zero-order valence-corrected chi connectivity index (χ0v) is 7.53. The Morgan fingerprint density at radius 3 is 2.33 bits per heavy atom. The topological polar surface area (TPSA) is 79.5 Å².